The van der Waals surface area contributed by atoms with Crippen LogP contribution in [-0.4, -0.2) is 11.6 Å². The summed E-state index contributed by atoms with van der Waals surface area (Å²) in [5.41, 5.74) is 16.8. The number of anilines is 3. The Balaban J connectivity index is 1.26. The minimum absolute atomic E-state index is 0.860. The molecule has 8 rings (SSSR count). The van der Waals surface area contributed by atoms with E-state index in [2.05, 4.69) is 163 Å². The first-order valence-corrected chi connectivity index (χ1v) is 14.7. The SMILES string of the molecule is Cc1ccc2ccc3cc(N(C)c4ccccc4-c4ccc5c(c4)c4ccccc4n5-c4ccccc4)ccc3c2c1N. The quantitative estimate of drug-likeness (QED) is 0.174. The van der Waals surface area contributed by atoms with E-state index >= 15 is 0 Å². The highest BCUT2D eigenvalue weighted by atomic mass is 15.1. The van der Waals surface area contributed by atoms with E-state index in [1.807, 2.05) is 0 Å². The van der Waals surface area contributed by atoms with Crippen LogP contribution in [0.5, 0.6) is 0 Å². The number of benzene rings is 7. The van der Waals surface area contributed by atoms with Crippen LogP contribution in [0.1, 0.15) is 5.56 Å². The average molecular weight is 554 g/mol. The smallest absolute Gasteiger partial charge is 0.0541 e. The third-order valence-corrected chi connectivity index (χ3v) is 8.89. The third kappa shape index (κ3) is 3.97. The first-order chi connectivity index (χ1) is 21.1. The molecule has 206 valence electrons. The zero-order valence-corrected chi connectivity index (χ0v) is 24.3. The number of nitrogen functional groups attached to an aromatic ring is 1. The lowest BCUT2D eigenvalue weighted by Gasteiger charge is -2.24. The summed E-state index contributed by atoms with van der Waals surface area (Å²) in [5.74, 6) is 0. The van der Waals surface area contributed by atoms with Crippen LogP contribution in [0.4, 0.5) is 17.1 Å². The van der Waals surface area contributed by atoms with Crippen molar-refractivity contribution >= 4 is 60.4 Å². The van der Waals surface area contributed by atoms with Crippen molar-refractivity contribution < 1.29 is 0 Å². The summed E-state index contributed by atoms with van der Waals surface area (Å²) in [5, 5.41) is 7.18. The van der Waals surface area contributed by atoms with Gasteiger partial charge in [-0.05, 0) is 82.7 Å². The molecule has 0 spiro atoms. The van der Waals surface area contributed by atoms with Gasteiger partial charge in [-0.25, -0.2) is 0 Å². The molecule has 7 aromatic carbocycles. The number of nitrogens with zero attached hydrogens (tertiary/aromatic N) is 2. The van der Waals surface area contributed by atoms with Gasteiger partial charge in [-0.3, -0.25) is 0 Å². The van der Waals surface area contributed by atoms with Crippen molar-refractivity contribution in [2.45, 2.75) is 6.92 Å². The molecule has 0 atom stereocenters. The number of fused-ring (bicyclic) bond motifs is 6. The lowest BCUT2D eigenvalue weighted by molar-refractivity contribution is 1.18. The molecule has 0 radical (unpaired) electrons. The van der Waals surface area contributed by atoms with Gasteiger partial charge in [0.2, 0.25) is 0 Å². The van der Waals surface area contributed by atoms with Gasteiger partial charge in [-0.1, -0.05) is 91.0 Å². The molecule has 3 heteroatoms. The van der Waals surface area contributed by atoms with Gasteiger partial charge in [-0.2, -0.15) is 0 Å². The Bertz CT molecular complexity index is 2330. The first kappa shape index (κ1) is 25.2. The van der Waals surface area contributed by atoms with E-state index in [0.717, 1.165) is 28.0 Å². The third-order valence-electron chi connectivity index (χ3n) is 8.89. The van der Waals surface area contributed by atoms with Gasteiger partial charge >= 0.3 is 0 Å². The second kappa shape index (κ2) is 9.78. The predicted octanol–water partition coefficient (Wildman–Crippen LogP) is 10.4. The summed E-state index contributed by atoms with van der Waals surface area (Å²) in [6, 6.07) is 50.2. The maximum absolute atomic E-state index is 6.55. The van der Waals surface area contributed by atoms with E-state index in [1.54, 1.807) is 0 Å². The fourth-order valence-electron chi connectivity index (χ4n) is 6.63. The molecular formula is C40H31N3. The lowest BCUT2D eigenvalue weighted by Crippen LogP contribution is -2.10. The topological polar surface area (TPSA) is 34.2 Å². The second-order valence-corrected chi connectivity index (χ2v) is 11.4. The van der Waals surface area contributed by atoms with Crippen molar-refractivity contribution in [3.8, 4) is 16.8 Å². The number of para-hydroxylation sites is 3. The molecule has 8 aromatic rings. The predicted molar refractivity (Wildman–Crippen MR) is 185 cm³/mol. The standard InChI is InChI=1S/C40H31N3/c1-26-16-17-27-18-19-28-24-31(21-22-33(28)39(27)40(26)41)42(2)36-14-8-6-12-32(36)29-20-23-38-35(25-29)34-13-7-9-15-37(34)43(38)30-10-4-3-5-11-30/h3-25H,41H2,1-2H3. The Morgan fingerprint density at radius 3 is 2.19 bits per heavy atom. The number of aromatic nitrogens is 1. The van der Waals surface area contributed by atoms with Gasteiger partial charge in [0.25, 0.3) is 0 Å². The summed E-state index contributed by atoms with van der Waals surface area (Å²) in [4.78, 5) is 2.29. The minimum atomic E-state index is 0.860. The molecule has 0 aliphatic rings. The fraction of sp³-hybridized carbons (Fsp3) is 0.0500. The molecule has 0 aliphatic heterocycles. The van der Waals surface area contributed by atoms with Crippen LogP contribution in [0, 0.1) is 6.92 Å². The van der Waals surface area contributed by atoms with Crippen LogP contribution in [-0.2, 0) is 0 Å². The van der Waals surface area contributed by atoms with Gasteiger partial charge in [0, 0.05) is 51.5 Å². The van der Waals surface area contributed by atoms with Gasteiger partial charge in [0.15, 0.2) is 0 Å². The molecule has 1 heterocycles. The van der Waals surface area contributed by atoms with Crippen molar-refractivity contribution in [2.24, 2.45) is 0 Å². The van der Waals surface area contributed by atoms with E-state index in [-0.39, 0.29) is 0 Å². The van der Waals surface area contributed by atoms with Crippen LogP contribution in [0.3, 0.4) is 0 Å². The van der Waals surface area contributed by atoms with Crippen LogP contribution in [0.2, 0.25) is 0 Å². The van der Waals surface area contributed by atoms with E-state index in [0.29, 0.717) is 0 Å². The molecule has 2 N–H and O–H groups in total. The summed E-state index contributed by atoms with van der Waals surface area (Å²) < 4.78 is 2.36. The van der Waals surface area contributed by atoms with E-state index in [9.17, 15) is 0 Å². The molecule has 0 fully saturated rings. The number of aryl methyl sites for hydroxylation is 1. The van der Waals surface area contributed by atoms with Crippen molar-refractivity contribution in [3.05, 3.63) is 145 Å². The zero-order valence-electron chi connectivity index (χ0n) is 24.3. The highest BCUT2D eigenvalue weighted by molar-refractivity contribution is 6.14. The molecule has 1 aromatic heterocycles. The molecule has 43 heavy (non-hydrogen) atoms. The Morgan fingerprint density at radius 2 is 1.30 bits per heavy atom. The van der Waals surface area contributed by atoms with Crippen molar-refractivity contribution in [2.75, 3.05) is 17.7 Å². The molecule has 0 bridgehead atoms. The van der Waals surface area contributed by atoms with Crippen molar-refractivity contribution in [3.63, 3.8) is 0 Å². The normalized spacial score (nSPS) is 11.6. The molecule has 0 unspecified atom stereocenters. The maximum atomic E-state index is 6.55. The average Bonchev–Trinajstić information content (AvgIpc) is 3.39. The Kier molecular flexibility index (Phi) is 5.73. The second-order valence-electron chi connectivity index (χ2n) is 11.4. The van der Waals surface area contributed by atoms with Gasteiger partial charge in [-0.15, -0.1) is 0 Å². The molecule has 3 nitrogen and oxygen atoms in total. The number of hydrogen-bond acceptors (Lipinski definition) is 2. The highest BCUT2D eigenvalue weighted by Gasteiger charge is 2.16. The lowest BCUT2D eigenvalue weighted by atomic mass is 9.97. The van der Waals surface area contributed by atoms with Crippen LogP contribution < -0.4 is 10.6 Å². The zero-order chi connectivity index (χ0) is 29.1. The largest absolute Gasteiger partial charge is 0.398 e. The van der Waals surface area contributed by atoms with Gasteiger partial charge < -0.3 is 15.2 Å². The number of rotatable bonds is 4. The molecule has 0 aliphatic carbocycles. The Morgan fingerprint density at radius 1 is 0.581 bits per heavy atom. The summed E-state index contributed by atoms with van der Waals surface area (Å²) in [7, 11) is 2.15. The Labute approximate surface area is 251 Å². The van der Waals surface area contributed by atoms with Crippen LogP contribution >= 0.6 is 0 Å². The minimum Gasteiger partial charge on any atom is -0.398 e. The molecule has 0 amide bonds. The van der Waals surface area contributed by atoms with Gasteiger partial charge in [0.1, 0.15) is 0 Å². The van der Waals surface area contributed by atoms with E-state index < -0.39 is 0 Å². The summed E-state index contributed by atoms with van der Waals surface area (Å²) >= 11 is 0. The Hall–Kier alpha value is -5.54. The maximum Gasteiger partial charge on any atom is 0.0541 e. The number of nitrogens with two attached hydrogens (primary N) is 1. The molecule has 0 saturated carbocycles. The summed E-state index contributed by atoms with van der Waals surface area (Å²) in [6.45, 7) is 2.07. The first-order valence-electron chi connectivity index (χ1n) is 14.7. The van der Waals surface area contributed by atoms with Gasteiger partial charge in [0.05, 0.1) is 11.0 Å². The molecular weight excluding hydrogens is 522 g/mol. The molecule has 0 saturated heterocycles. The summed E-state index contributed by atoms with van der Waals surface area (Å²) in [6.07, 6.45) is 0. The van der Waals surface area contributed by atoms with Crippen molar-refractivity contribution in [1.82, 2.24) is 4.57 Å². The van der Waals surface area contributed by atoms with Crippen LogP contribution in [0.15, 0.2) is 140 Å². The highest BCUT2D eigenvalue weighted by Crippen LogP contribution is 2.40. The van der Waals surface area contributed by atoms with E-state index in [1.165, 1.54) is 54.8 Å². The monoisotopic (exact) mass is 553 g/mol. The van der Waals surface area contributed by atoms with Crippen LogP contribution in [0.25, 0.3) is 60.2 Å². The van der Waals surface area contributed by atoms with E-state index in [4.69, 9.17) is 5.73 Å². The fourth-order valence-corrected chi connectivity index (χ4v) is 6.63. The number of hydrogen-bond donors (Lipinski definition) is 1. The van der Waals surface area contributed by atoms with Crippen molar-refractivity contribution in [1.29, 1.82) is 0 Å².